The summed E-state index contributed by atoms with van der Waals surface area (Å²) < 4.78 is 16.9. The lowest BCUT2D eigenvalue weighted by molar-refractivity contribution is -0.167. The molecule has 0 aliphatic carbocycles. The van der Waals surface area contributed by atoms with Crippen LogP contribution in [0.15, 0.2) is 0 Å². The van der Waals surface area contributed by atoms with Crippen molar-refractivity contribution >= 4 is 17.9 Å². The molecule has 6 nitrogen and oxygen atoms in total. The predicted molar refractivity (Wildman–Crippen MR) is 279 cm³/mol. The van der Waals surface area contributed by atoms with Crippen LogP contribution in [0.4, 0.5) is 0 Å². The van der Waals surface area contributed by atoms with Crippen LogP contribution in [0.2, 0.25) is 0 Å². The van der Waals surface area contributed by atoms with Crippen LogP contribution in [-0.4, -0.2) is 37.2 Å². The first kappa shape index (κ1) is 63.4. The summed E-state index contributed by atoms with van der Waals surface area (Å²) in [5.74, 6) is 1.73. The van der Waals surface area contributed by atoms with Gasteiger partial charge in [-0.1, -0.05) is 286 Å². The summed E-state index contributed by atoms with van der Waals surface area (Å²) in [5, 5.41) is 0. The smallest absolute Gasteiger partial charge is 0.306 e. The highest BCUT2D eigenvalue weighted by molar-refractivity contribution is 5.71. The van der Waals surface area contributed by atoms with Crippen molar-refractivity contribution in [3.63, 3.8) is 0 Å². The molecule has 6 heteroatoms. The van der Waals surface area contributed by atoms with Gasteiger partial charge in [0, 0.05) is 19.3 Å². The molecule has 0 N–H and O–H groups in total. The Kier molecular flexibility index (Phi) is 49.1. The van der Waals surface area contributed by atoms with Crippen LogP contribution < -0.4 is 0 Å². The fourth-order valence-electron chi connectivity index (χ4n) is 8.93. The summed E-state index contributed by atoms with van der Waals surface area (Å²) in [6, 6.07) is 0. The van der Waals surface area contributed by atoms with Crippen LogP contribution in [-0.2, 0) is 28.6 Å². The van der Waals surface area contributed by atoms with Crippen LogP contribution in [0, 0.1) is 17.8 Å². The molecule has 0 saturated carbocycles. The molecule has 0 rings (SSSR count). The minimum atomic E-state index is -0.764. The van der Waals surface area contributed by atoms with Gasteiger partial charge in [0.2, 0.25) is 0 Å². The van der Waals surface area contributed by atoms with Crippen molar-refractivity contribution in [1.29, 1.82) is 0 Å². The van der Waals surface area contributed by atoms with E-state index in [0.29, 0.717) is 19.3 Å². The number of hydrogen-bond donors (Lipinski definition) is 0. The zero-order valence-electron chi connectivity index (χ0n) is 44.8. The summed E-state index contributed by atoms with van der Waals surface area (Å²) in [6.07, 6.45) is 52.3. The van der Waals surface area contributed by atoms with Crippen molar-refractivity contribution in [2.24, 2.45) is 17.8 Å². The van der Waals surface area contributed by atoms with E-state index < -0.39 is 6.10 Å². The lowest BCUT2D eigenvalue weighted by Gasteiger charge is -2.18. The molecular weight excluding hydrogens is 805 g/mol. The normalized spacial score (nSPS) is 13.0. The van der Waals surface area contributed by atoms with Gasteiger partial charge in [-0.25, -0.2) is 0 Å². The van der Waals surface area contributed by atoms with Crippen molar-refractivity contribution in [1.82, 2.24) is 0 Å². The first-order valence-electron chi connectivity index (χ1n) is 29.2. The fraction of sp³-hybridized carbons (Fsp3) is 0.949. The van der Waals surface area contributed by atoms with Gasteiger partial charge in [-0.3, -0.25) is 14.4 Å². The van der Waals surface area contributed by atoms with Crippen LogP contribution in [0.5, 0.6) is 0 Å². The van der Waals surface area contributed by atoms with Gasteiger partial charge in [0.15, 0.2) is 6.10 Å². The summed E-state index contributed by atoms with van der Waals surface area (Å²) in [5.41, 5.74) is 0. The van der Waals surface area contributed by atoms with Gasteiger partial charge in [0.25, 0.3) is 0 Å². The second-order valence-corrected chi connectivity index (χ2v) is 21.2. The lowest BCUT2D eigenvalue weighted by atomic mass is 9.99. The van der Waals surface area contributed by atoms with Gasteiger partial charge < -0.3 is 14.2 Å². The SMILES string of the molecule is CCC(C)CCCCCCCCCCCCC(=O)O[C@@H](COC(=O)CCCCCCCCCCCCCCCCCCCCC(C)C)COC(=O)CCCCCCCCCCC(C)CC. The molecule has 0 aromatic heterocycles. The zero-order valence-corrected chi connectivity index (χ0v) is 44.8. The number of carbonyl (C=O) groups excluding carboxylic acids is 3. The van der Waals surface area contributed by atoms with Gasteiger partial charge in [-0.15, -0.1) is 0 Å². The second-order valence-electron chi connectivity index (χ2n) is 21.2. The summed E-state index contributed by atoms with van der Waals surface area (Å²) in [6.45, 7) is 13.8. The van der Waals surface area contributed by atoms with Crippen molar-refractivity contribution < 1.29 is 28.6 Å². The topological polar surface area (TPSA) is 78.9 Å². The highest BCUT2D eigenvalue weighted by Gasteiger charge is 2.19. The molecule has 0 aliphatic heterocycles. The molecule has 0 spiro atoms. The Morgan fingerprint density at radius 1 is 0.308 bits per heavy atom. The lowest BCUT2D eigenvalue weighted by Crippen LogP contribution is -2.30. The number of hydrogen-bond acceptors (Lipinski definition) is 6. The molecule has 0 radical (unpaired) electrons. The Balaban J connectivity index is 4.25. The van der Waals surface area contributed by atoms with Crippen LogP contribution in [0.3, 0.4) is 0 Å². The molecule has 0 bridgehead atoms. The number of rotatable bonds is 52. The van der Waals surface area contributed by atoms with E-state index in [-0.39, 0.29) is 31.1 Å². The third-order valence-corrected chi connectivity index (χ3v) is 14.1. The maximum atomic E-state index is 12.8. The number of carbonyl (C=O) groups is 3. The van der Waals surface area contributed by atoms with E-state index in [1.807, 2.05) is 0 Å². The molecule has 0 aliphatic rings. The standard InChI is InChI=1S/C59H114O6/c1-7-54(5)46-40-34-28-22-19-20-24-32-38-44-50-59(62)65-56(52-64-58(61)49-43-37-31-26-25-29-35-41-47-55(6)8-2)51-63-57(60)48-42-36-30-23-18-16-14-12-10-9-11-13-15-17-21-27-33-39-45-53(3)4/h53-56H,7-52H2,1-6H3/t54?,55?,56-/m0/s1. The van der Waals surface area contributed by atoms with Crippen LogP contribution in [0.1, 0.15) is 324 Å². The molecular formula is C59H114O6. The molecule has 0 fully saturated rings. The minimum absolute atomic E-state index is 0.0640. The molecule has 0 amide bonds. The molecule has 0 heterocycles. The molecule has 0 aromatic rings. The van der Waals surface area contributed by atoms with Crippen molar-refractivity contribution in [2.45, 2.75) is 330 Å². The average molecular weight is 920 g/mol. The summed E-state index contributed by atoms with van der Waals surface area (Å²) in [7, 11) is 0. The van der Waals surface area contributed by atoms with E-state index in [2.05, 4.69) is 41.5 Å². The number of esters is 3. The maximum Gasteiger partial charge on any atom is 0.306 e. The molecule has 0 aromatic carbocycles. The monoisotopic (exact) mass is 919 g/mol. The van der Waals surface area contributed by atoms with E-state index in [1.165, 1.54) is 205 Å². The maximum absolute atomic E-state index is 12.8. The Bertz CT molecular complexity index is 1010. The number of unbranched alkanes of at least 4 members (excludes halogenated alkanes) is 33. The average Bonchev–Trinajstić information content (AvgIpc) is 3.29. The van der Waals surface area contributed by atoms with E-state index in [9.17, 15) is 14.4 Å². The fourth-order valence-corrected chi connectivity index (χ4v) is 8.93. The molecule has 3 atom stereocenters. The highest BCUT2D eigenvalue weighted by Crippen LogP contribution is 2.19. The van der Waals surface area contributed by atoms with Crippen LogP contribution in [0.25, 0.3) is 0 Å². The van der Waals surface area contributed by atoms with E-state index in [0.717, 1.165) is 75.5 Å². The molecule has 2 unspecified atom stereocenters. The highest BCUT2D eigenvalue weighted by atomic mass is 16.6. The number of ether oxygens (including phenoxy) is 3. The quantitative estimate of drug-likeness (QED) is 0.0344. The third kappa shape index (κ3) is 50.1. The van der Waals surface area contributed by atoms with E-state index >= 15 is 0 Å². The van der Waals surface area contributed by atoms with Crippen molar-refractivity contribution in [2.75, 3.05) is 13.2 Å². The first-order chi connectivity index (χ1) is 31.7. The van der Waals surface area contributed by atoms with Gasteiger partial charge in [-0.2, -0.15) is 0 Å². The minimum Gasteiger partial charge on any atom is -0.462 e. The summed E-state index contributed by atoms with van der Waals surface area (Å²) >= 11 is 0. The largest absolute Gasteiger partial charge is 0.462 e. The van der Waals surface area contributed by atoms with Crippen LogP contribution >= 0.6 is 0 Å². The first-order valence-corrected chi connectivity index (χ1v) is 29.2. The third-order valence-electron chi connectivity index (χ3n) is 14.1. The predicted octanol–water partition coefficient (Wildman–Crippen LogP) is 19.1. The van der Waals surface area contributed by atoms with Gasteiger partial charge in [-0.05, 0) is 37.0 Å². The summed E-state index contributed by atoms with van der Waals surface area (Å²) in [4.78, 5) is 38.1. The van der Waals surface area contributed by atoms with Gasteiger partial charge >= 0.3 is 17.9 Å². The molecule has 0 saturated heterocycles. The second kappa shape index (κ2) is 50.3. The molecule has 65 heavy (non-hydrogen) atoms. The van der Waals surface area contributed by atoms with Gasteiger partial charge in [0.05, 0.1) is 0 Å². The Morgan fingerprint density at radius 3 is 0.800 bits per heavy atom. The van der Waals surface area contributed by atoms with Gasteiger partial charge in [0.1, 0.15) is 13.2 Å². The Labute approximate surface area is 406 Å². The van der Waals surface area contributed by atoms with E-state index in [4.69, 9.17) is 14.2 Å². The van der Waals surface area contributed by atoms with Crippen molar-refractivity contribution in [3.8, 4) is 0 Å². The molecule has 386 valence electrons. The zero-order chi connectivity index (χ0) is 47.7. The van der Waals surface area contributed by atoms with Crippen molar-refractivity contribution in [3.05, 3.63) is 0 Å². The Morgan fingerprint density at radius 2 is 0.538 bits per heavy atom. The Hall–Kier alpha value is -1.59. The van der Waals surface area contributed by atoms with E-state index in [1.54, 1.807) is 0 Å².